The average molecular weight is 281 g/mol. The van der Waals surface area contributed by atoms with Gasteiger partial charge in [0.05, 0.1) is 12.4 Å². The number of rotatable bonds is 4. The van der Waals surface area contributed by atoms with Gasteiger partial charge in [0.25, 0.3) is 5.56 Å². The van der Waals surface area contributed by atoms with Gasteiger partial charge in [0, 0.05) is 5.56 Å². The van der Waals surface area contributed by atoms with E-state index in [2.05, 4.69) is 22.4 Å². The van der Waals surface area contributed by atoms with Crippen LogP contribution in [0.15, 0.2) is 59.4 Å². The van der Waals surface area contributed by atoms with Crippen molar-refractivity contribution in [3.63, 3.8) is 0 Å². The second-order valence-corrected chi connectivity index (χ2v) is 5.19. The third kappa shape index (κ3) is 2.98. The highest BCUT2D eigenvalue weighted by atomic mass is 16.1. The van der Waals surface area contributed by atoms with Gasteiger partial charge < -0.3 is 4.90 Å². The minimum Gasteiger partial charge on any atom is -0.315 e. The van der Waals surface area contributed by atoms with Gasteiger partial charge in [-0.3, -0.25) is 4.79 Å². The number of nitrogens with zero attached hydrogens (tertiary/aromatic N) is 3. The normalized spacial score (nSPS) is 12.4. The van der Waals surface area contributed by atoms with Gasteiger partial charge in [-0.25, -0.2) is 0 Å². The van der Waals surface area contributed by atoms with Crippen molar-refractivity contribution >= 4 is 10.9 Å². The summed E-state index contributed by atoms with van der Waals surface area (Å²) in [5.41, 5.74) is 1.78. The molecule has 3 aromatic rings. The molecule has 5 nitrogen and oxygen atoms in total. The lowest BCUT2D eigenvalue weighted by molar-refractivity contribution is -0.917. The Morgan fingerprint density at radius 2 is 1.76 bits per heavy atom. The van der Waals surface area contributed by atoms with Crippen LogP contribution in [0.2, 0.25) is 0 Å². The molecule has 0 aliphatic carbocycles. The topological polar surface area (TPSA) is 52.2 Å². The summed E-state index contributed by atoms with van der Waals surface area (Å²) in [6.45, 7) is 1.33. The second kappa shape index (κ2) is 5.85. The summed E-state index contributed by atoms with van der Waals surface area (Å²) >= 11 is 0. The molecule has 1 aromatic heterocycles. The lowest BCUT2D eigenvalue weighted by atomic mass is 10.2. The van der Waals surface area contributed by atoms with Crippen LogP contribution in [0, 0.1) is 0 Å². The van der Waals surface area contributed by atoms with Crippen LogP contribution in [0.3, 0.4) is 0 Å². The standard InChI is InChI=1S/C16H16N4O/c1-19(11-13-7-3-2-4-8-13)12-20-16(21)14-9-5-6-10-15(14)17-18-20/h2-10H,11-12H2,1H3/p+1. The predicted octanol–water partition coefficient (Wildman–Crippen LogP) is 0.464. The Kier molecular flexibility index (Phi) is 3.75. The van der Waals surface area contributed by atoms with Crippen LogP contribution in [0.25, 0.3) is 10.9 Å². The van der Waals surface area contributed by atoms with Gasteiger partial charge in [-0.05, 0) is 12.1 Å². The van der Waals surface area contributed by atoms with Gasteiger partial charge in [0.15, 0.2) is 6.67 Å². The molecule has 106 valence electrons. The maximum Gasteiger partial charge on any atom is 0.282 e. The fourth-order valence-electron chi connectivity index (χ4n) is 2.38. The van der Waals surface area contributed by atoms with E-state index in [0.29, 0.717) is 17.6 Å². The summed E-state index contributed by atoms with van der Waals surface area (Å²) in [6.07, 6.45) is 0. The molecule has 1 N–H and O–H groups in total. The Labute approximate surface area is 122 Å². The summed E-state index contributed by atoms with van der Waals surface area (Å²) < 4.78 is 1.43. The Hall–Kier alpha value is -2.53. The molecule has 0 spiro atoms. The first-order valence-electron chi connectivity index (χ1n) is 6.92. The van der Waals surface area contributed by atoms with Crippen molar-refractivity contribution in [3.8, 4) is 0 Å². The summed E-state index contributed by atoms with van der Waals surface area (Å²) in [4.78, 5) is 13.5. The SMILES string of the molecule is C[NH+](Cc1ccccc1)Cn1nnc2ccccc2c1=O. The predicted molar refractivity (Wildman–Crippen MR) is 80.8 cm³/mol. The van der Waals surface area contributed by atoms with Crippen LogP contribution >= 0.6 is 0 Å². The molecule has 0 radical (unpaired) electrons. The van der Waals surface area contributed by atoms with E-state index in [1.54, 1.807) is 12.1 Å². The molecule has 3 rings (SSSR count). The van der Waals surface area contributed by atoms with Crippen molar-refractivity contribution in [3.05, 3.63) is 70.5 Å². The van der Waals surface area contributed by atoms with E-state index in [-0.39, 0.29) is 5.56 Å². The smallest absolute Gasteiger partial charge is 0.282 e. The highest BCUT2D eigenvalue weighted by molar-refractivity contribution is 5.76. The third-order valence-corrected chi connectivity index (χ3v) is 3.40. The molecule has 0 saturated heterocycles. The molecule has 1 atom stereocenters. The minimum absolute atomic E-state index is 0.0898. The highest BCUT2D eigenvalue weighted by Gasteiger charge is 2.09. The monoisotopic (exact) mass is 281 g/mol. The van der Waals surface area contributed by atoms with E-state index >= 15 is 0 Å². The van der Waals surface area contributed by atoms with Crippen molar-refractivity contribution in [2.24, 2.45) is 0 Å². The van der Waals surface area contributed by atoms with E-state index in [0.717, 1.165) is 6.54 Å². The number of hydrogen-bond acceptors (Lipinski definition) is 3. The number of benzene rings is 2. The lowest BCUT2D eigenvalue weighted by Crippen LogP contribution is -3.07. The Morgan fingerprint density at radius 1 is 1.05 bits per heavy atom. The summed E-state index contributed by atoms with van der Waals surface area (Å²) in [6, 6.07) is 17.5. The maximum absolute atomic E-state index is 12.4. The van der Waals surface area contributed by atoms with Gasteiger partial charge in [0.2, 0.25) is 0 Å². The zero-order valence-corrected chi connectivity index (χ0v) is 11.9. The van der Waals surface area contributed by atoms with E-state index in [1.807, 2.05) is 37.4 Å². The molecule has 0 fully saturated rings. The Morgan fingerprint density at radius 3 is 2.57 bits per heavy atom. The van der Waals surface area contributed by atoms with Crippen LogP contribution < -0.4 is 10.5 Å². The Balaban J connectivity index is 1.82. The molecule has 0 aliphatic heterocycles. The number of hydrogen-bond donors (Lipinski definition) is 1. The highest BCUT2D eigenvalue weighted by Crippen LogP contribution is 2.02. The summed E-state index contributed by atoms with van der Waals surface area (Å²) in [5.74, 6) is 0. The Bertz CT molecular complexity index is 798. The zero-order chi connectivity index (χ0) is 14.7. The van der Waals surface area contributed by atoms with Crippen LogP contribution in [0.5, 0.6) is 0 Å². The molecule has 2 aromatic carbocycles. The van der Waals surface area contributed by atoms with Crippen LogP contribution in [0.1, 0.15) is 5.56 Å². The lowest BCUT2D eigenvalue weighted by Gasteiger charge is -2.14. The molecule has 5 heteroatoms. The molecular weight excluding hydrogens is 264 g/mol. The van der Waals surface area contributed by atoms with Crippen LogP contribution in [-0.2, 0) is 13.2 Å². The number of nitrogens with one attached hydrogen (secondary N) is 1. The van der Waals surface area contributed by atoms with Crippen LogP contribution in [-0.4, -0.2) is 22.0 Å². The van der Waals surface area contributed by atoms with Crippen molar-refractivity contribution in [2.45, 2.75) is 13.2 Å². The molecule has 0 bridgehead atoms. The first-order valence-corrected chi connectivity index (χ1v) is 6.92. The first kappa shape index (κ1) is 13.5. The van der Waals surface area contributed by atoms with Gasteiger partial charge in [-0.1, -0.05) is 47.7 Å². The summed E-state index contributed by atoms with van der Waals surface area (Å²) in [7, 11) is 2.04. The van der Waals surface area contributed by atoms with E-state index < -0.39 is 0 Å². The van der Waals surface area contributed by atoms with Crippen LogP contribution in [0.4, 0.5) is 0 Å². The van der Waals surface area contributed by atoms with Crippen molar-refractivity contribution in [1.82, 2.24) is 15.0 Å². The molecule has 21 heavy (non-hydrogen) atoms. The van der Waals surface area contributed by atoms with Crippen molar-refractivity contribution in [1.29, 1.82) is 0 Å². The number of aromatic nitrogens is 3. The molecule has 0 aliphatic rings. The van der Waals surface area contributed by atoms with Gasteiger partial charge >= 0.3 is 0 Å². The molecule has 1 heterocycles. The zero-order valence-electron chi connectivity index (χ0n) is 11.9. The van der Waals surface area contributed by atoms with E-state index in [4.69, 9.17) is 0 Å². The number of fused-ring (bicyclic) bond motifs is 1. The first-order chi connectivity index (χ1) is 10.2. The minimum atomic E-state index is -0.0898. The van der Waals surface area contributed by atoms with Crippen molar-refractivity contribution < 1.29 is 4.90 Å². The van der Waals surface area contributed by atoms with Crippen molar-refractivity contribution in [2.75, 3.05) is 7.05 Å². The largest absolute Gasteiger partial charge is 0.315 e. The summed E-state index contributed by atoms with van der Waals surface area (Å²) in [5, 5.41) is 8.73. The molecular formula is C16H17N4O+. The van der Waals surface area contributed by atoms with E-state index in [9.17, 15) is 4.79 Å². The van der Waals surface area contributed by atoms with Gasteiger partial charge in [-0.15, -0.1) is 5.10 Å². The molecule has 1 unspecified atom stereocenters. The van der Waals surface area contributed by atoms with E-state index in [1.165, 1.54) is 15.1 Å². The third-order valence-electron chi connectivity index (χ3n) is 3.40. The fraction of sp³-hybridized carbons (Fsp3) is 0.188. The fourth-order valence-corrected chi connectivity index (χ4v) is 2.38. The van der Waals surface area contributed by atoms with Gasteiger partial charge in [-0.2, -0.15) is 4.68 Å². The van der Waals surface area contributed by atoms with Gasteiger partial charge in [0.1, 0.15) is 12.1 Å². The quantitative estimate of drug-likeness (QED) is 0.756. The average Bonchev–Trinajstić information content (AvgIpc) is 2.51. The molecule has 0 saturated carbocycles. The maximum atomic E-state index is 12.4. The molecule has 0 amide bonds. The second-order valence-electron chi connectivity index (χ2n) is 5.19. The number of quaternary nitrogens is 1.